The van der Waals surface area contributed by atoms with Gasteiger partial charge in [-0.3, -0.25) is 0 Å². The topological polar surface area (TPSA) is 106 Å². The fourth-order valence-corrected chi connectivity index (χ4v) is 9.46. The first-order chi connectivity index (χ1) is 17.5. The fraction of sp³-hybridized carbons (Fsp3) is 0.185. The van der Waals surface area contributed by atoms with E-state index in [1.165, 1.54) is 36.4 Å². The van der Waals surface area contributed by atoms with Gasteiger partial charge in [0.2, 0.25) is 29.7 Å². The zero-order valence-electron chi connectivity index (χ0n) is 20.0. The van der Waals surface area contributed by atoms with E-state index >= 15 is 0 Å². The highest BCUT2D eigenvalue weighted by atomic mass is 32.2. The van der Waals surface area contributed by atoms with Gasteiger partial charge in [-0.15, -0.1) is 0 Å². The van der Waals surface area contributed by atoms with E-state index in [2.05, 4.69) is 0 Å². The highest BCUT2D eigenvalue weighted by Crippen LogP contribution is 2.45. The molecular formula is C27H25NO6S3. The third-order valence-electron chi connectivity index (χ3n) is 6.72. The van der Waals surface area contributed by atoms with Gasteiger partial charge in [-0.2, -0.15) is 4.31 Å². The van der Waals surface area contributed by atoms with Crippen molar-refractivity contribution in [3.05, 3.63) is 111 Å². The summed E-state index contributed by atoms with van der Waals surface area (Å²) in [6.07, 6.45) is 0.700. The molecule has 0 unspecified atom stereocenters. The molecule has 192 valence electrons. The number of aryl methyl sites for hydroxylation is 1. The Kier molecular flexibility index (Phi) is 6.47. The second-order valence-electron chi connectivity index (χ2n) is 9.02. The number of sulfone groups is 2. The van der Waals surface area contributed by atoms with Crippen LogP contribution in [0.4, 0.5) is 0 Å². The maximum atomic E-state index is 13.8. The third kappa shape index (κ3) is 4.48. The summed E-state index contributed by atoms with van der Waals surface area (Å²) < 4.78 is 83.6. The molecule has 3 aromatic rings. The van der Waals surface area contributed by atoms with Crippen LogP contribution < -0.4 is 0 Å². The summed E-state index contributed by atoms with van der Waals surface area (Å²) in [4.78, 5) is -0.116. The lowest BCUT2D eigenvalue weighted by atomic mass is 9.85. The predicted octanol–water partition coefficient (Wildman–Crippen LogP) is 4.25. The number of sulfonamides is 1. The molecule has 0 spiro atoms. The summed E-state index contributed by atoms with van der Waals surface area (Å²) in [7, 11) is -12.4. The van der Waals surface area contributed by atoms with E-state index in [1.807, 2.05) is 6.92 Å². The molecule has 7 nitrogen and oxygen atoms in total. The van der Waals surface area contributed by atoms with E-state index in [0.29, 0.717) is 24.0 Å². The van der Waals surface area contributed by atoms with Gasteiger partial charge in [-0.25, -0.2) is 25.3 Å². The first kappa shape index (κ1) is 25.6. The second kappa shape index (κ2) is 9.36. The zero-order chi connectivity index (χ0) is 26.4. The van der Waals surface area contributed by atoms with E-state index in [4.69, 9.17) is 0 Å². The van der Waals surface area contributed by atoms with Gasteiger partial charge in [0.05, 0.1) is 37.6 Å². The maximum Gasteiger partial charge on any atom is 0.243 e. The highest BCUT2D eigenvalue weighted by Gasteiger charge is 2.42. The molecule has 1 aliphatic heterocycles. The molecule has 1 fully saturated rings. The van der Waals surface area contributed by atoms with Gasteiger partial charge >= 0.3 is 0 Å². The summed E-state index contributed by atoms with van der Waals surface area (Å²) in [5.41, 5.74) is 1.64. The smallest absolute Gasteiger partial charge is 0.219 e. The van der Waals surface area contributed by atoms with Crippen molar-refractivity contribution in [1.82, 2.24) is 4.31 Å². The molecule has 3 aromatic carbocycles. The lowest BCUT2D eigenvalue weighted by Gasteiger charge is -2.26. The van der Waals surface area contributed by atoms with Crippen LogP contribution >= 0.6 is 0 Å². The monoisotopic (exact) mass is 555 g/mol. The van der Waals surface area contributed by atoms with Crippen LogP contribution in [0.15, 0.2) is 121 Å². The first-order valence-corrected chi connectivity index (χ1v) is 16.0. The van der Waals surface area contributed by atoms with Crippen molar-refractivity contribution in [3.63, 3.8) is 0 Å². The van der Waals surface area contributed by atoms with Crippen LogP contribution in [-0.4, -0.2) is 42.6 Å². The van der Waals surface area contributed by atoms with Gasteiger partial charge in [-0.05, 0) is 67.3 Å². The first-order valence-electron chi connectivity index (χ1n) is 11.6. The molecule has 0 atom stereocenters. The molecule has 0 amide bonds. The van der Waals surface area contributed by atoms with Crippen molar-refractivity contribution in [1.29, 1.82) is 0 Å². The van der Waals surface area contributed by atoms with Crippen LogP contribution in [0, 0.1) is 6.92 Å². The second-order valence-corrected chi connectivity index (χ2v) is 14.9. The van der Waals surface area contributed by atoms with Gasteiger partial charge in [-0.1, -0.05) is 54.1 Å². The van der Waals surface area contributed by atoms with Gasteiger partial charge < -0.3 is 0 Å². The molecule has 0 bridgehead atoms. The van der Waals surface area contributed by atoms with E-state index < -0.39 is 42.8 Å². The number of hydrogen-bond donors (Lipinski definition) is 0. The number of allylic oxidation sites excluding steroid dienone is 2. The average Bonchev–Trinajstić information content (AvgIpc) is 2.99. The molecular weight excluding hydrogens is 530 g/mol. The Balaban J connectivity index is 1.73. The Morgan fingerprint density at radius 1 is 0.541 bits per heavy atom. The van der Waals surface area contributed by atoms with Crippen LogP contribution in [0.1, 0.15) is 18.4 Å². The quantitative estimate of drug-likeness (QED) is 0.450. The van der Waals surface area contributed by atoms with Gasteiger partial charge in [0.15, 0.2) is 0 Å². The van der Waals surface area contributed by atoms with Gasteiger partial charge in [0.1, 0.15) is 0 Å². The van der Waals surface area contributed by atoms with Crippen LogP contribution in [0.3, 0.4) is 0 Å². The maximum absolute atomic E-state index is 13.8. The number of rotatable bonds is 6. The molecule has 0 aromatic heterocycles. The number of benzene rings is 3. The van der Waals surface area contributed by atoms with Crippen molar-refractivity contribution in [2.45, 2.75) is 34.5 Å². The van der Waals surface area contributed by atoms with Crippen molar-refractivity contribution >= 4 is 29.7 Å². The van der Waals surface area contributed by atoms with Crippen LogP contribution in [0.2, 0.25) is 0 Å². The Hall–Kier alpha value is -3.05. The molecule has 37 heavy (non-hydrogen) atoms. The Labute approximate surface area is 217 Å². The SMILES string of the molecule is Cc1ccc(S(=O)(=O)N2CC(S(=O)(=O)c3ccccc3)=C3CCC3=C(S(=O)(=O)c3ccccc3)C2)cc1. The minimum atomic E-state index is -4.24. The van der Waals surface area contributed by atoms with Crippen LogP contribution in [0.25, 0.3) is 0 Å². The van der Waals surface area contributed by atoms with Gasteiger partial charge in [0.25, 0.3) is 0 Å². The molecule has 0 saturated heterocycles. The fourth-order valence-electron chi connectivity index (χ4n) is 4.56. The number of hydrogen-bond acceptors (Lipinski definition) is 6. The average molecular weight is 556 g/mol. The van der Waals surface area contributed by atoms with Crippen molar-refractivity contribution in [2.75, 3.05) is 13.1 Å². The number of fused-ring (bicyclic) bond motifs is 1. The molecule has 1 aliphatic carbocycles. The number of nitrogens with zero attached hydrogens (tertiary/aromatic N) is 1. The van der Waals surface area contributed by atoms with Gasteiger partial charge in [0, 0.05) is 0 Å². The Morgan fingerprint density at radius 2 is 0.946 bits per heavy atom. The Morgan fingerprint density at radius 3 is 1.32 bits per heavy atom. The summed E-state index contributed by atoms with van der Waals surface area (Å²) in [6.45, 7) is 0.907. The summed E-state index contributed by atoms with van der Waals surface area (Å²) >= 11 is 0. The normalized spacial score (nSPS) is 17.2. The minimum absolute atomic E-state index is 0.0322. The summed E-state index contributed by atoms with van der Waals surface area (Å²) in [5.74, 6) is 0. The Bertz CT molecular complexity index is 1640. The molecule has 0 radical (unpaired) electrons. The third-order valence-corrected chi connectivity index (χ3v) is 12.4. The lowest BCUT2D eigenvalue weighted by molar-refractivity contribution is 0.467. The van der Waals surface area contributed by atoms with Crippen molar-refractivity contribution in [2.24, 2.45) is 0 Å². The minimum Gasteiger partial charge on any atom is -0.219 e. The van der Waals surface area contributed by atoms with E-state index in [0.717, 1.165) is 9.87 Å². The molecule has 5 rings (SSSR count). The van der Waals surface area contributed by atoms with E-state index in [1.54, 1.807) is 48.5 Å². The predicted molar refractivity (Wildman–Crippen MR) is 140 cm³/mol. The largest absolute Gasteiger partial charge is 0.243 e. The summed E-state index contributed by atoms with van der Waals surface area (Å²) in [6, 6.07) is 21.8. The van der Waals surface area contributed by atoms with E-state index in [-0.39, 0.29) is 24.5 Å². The lowest BCUT2D eigenvalue weighted by Crippen LogP contribution is -2.36. The zero-order valence-corrected chi connectivity index (χ0v) is 22.5. The van der Waals surface area contributed by atoms with Crippen LogP contribution in [0.5, 0.6) is 0 Å². The molecule has 1 heterocycles. The molecule has 2 aliphatic rings. The molecule has 10 heteroatoms. The van der Waals surface area contributed by atoms with Crippen molar-refractivity contribution in [3.8, 4) is 0 Å². The van der Waals surface area contributed by atoms with E-state index in [9.17, 15) is 25.3 Å². The van der Waals surface area contributed by atoms with Crippen molar-refractivity contribution < 1.29 is 25.3 Å². The molecule has 0 N–H and O–H groups in total. The molecule has 1 saturated carbocycles. The highest BCUT2D eigenvalue weighted by molar-refractivity contribution is 7.96. The summed E-state index contributed by atoms with van der Waals surface area (Å²) in [5, 5.41) is 0. The standard InChI is InChI=1S/C27H25NO6S3/c1-20-12-14-23(15-13-20)37(33,34)28-18-26(35(29,30)21-8-4-2-5-9-21)24-16-17-25(24)27(19-28)36(31,32)22-10-6-3-7-11-22/h2-15H,16-19H2,1H3. The van der Waals surface area contributed by atoms with Crippen LogP contribution in [-0.2, 0) is 29.7 Å².